The van der Waals surface area contributed by atoms with Crippen LogP contribution in [0.3, 0.4) is 0 Å². The molecule has 1 atom stereocenters. The number of aryl methyl sites for hydroxylation is 1. The standard InChI is InChI=1S/C20H22N2O/c1-3-7-20(17-8-5-4-6-9-17)23-19-12-10-18(11-13-19)22-15-14-16(2)21-22/h4-6,8-15,20H,3,7H2,1-2H3. The van der Waals surface area contributed by atoms with Gasteiger partial charge in [0.2, 0.25) is 0 Å². The van der Waals surface area contributed by atoms with Gasteiger partial charge in [0.05, 0.1) is 11.4 Å². The summed E-state index contributed by atoms with van der Waals surface area (Å²) < 4.78 is 8.08. The molecule has 1 heterocycles. The third-order valence-corrected chi connectivity index (χ3v) is 3.82. The van der Waals surface area contributed by atoms with Gasteiger partial charge < -0.3 is 4.74 Å². The monoisotopic (exact) mass is 306 g/mol. The van der Waals surface area contributed by atoms with Gasteiger partial charge in [-0.2, -0.15) is 5.10 Å². The van der Waals surface area contributed by atoms with Gasteiger partial charge in [-0.05, 0) is 49.2 Å². The van der Waals surface area contributed by atoms with Crippen LogP contribution in [0.25, 0.3) is 5.69 Å². The zero-order valence-electron chi connectivity index (χ0n) is 13.6. The molecule has 3 heteroatoms. The highest BCUT2D eigenvalue weighted by atomic mass is 16.5. The number of rotatable bonds is 6. The summed E-state index contributed by atoms with van der Waals surface area (Å²) in [4.78, 5) is 0. The van der Waals surface area contributed by atoms with Gasteiger partial charge in [0.15, 0.2) is 0 Å². The first-order valence-corrected chi connectivity index (χ1v) is 8.10. The summed E-state index contributed by atoms with van der Waals surface area (Å²) >= 11 is 0. The van der Waals surface area contributed by atoms with Crippen LogP contribution in [-0.4, -0.2) is 9.78 Å². The maximum Gasteiger partial charge on any atom is 0.124 e. The second-order valence-corrected chi connectivity index (χ2v) is 5.70. The molecule has 0 aliphatic heterocycles. The van der Waals surface area contributed by atoms with Gasteiger partial charge in [-0.25, -0.2) is 4.68 Å². The fourth-order valence-corrected chi connectivity index (χ4v) is 2.62. The van der Waals surface area contributed by atoms with Gasteiger partial charge in [-0.15, -0.1) is 0 Å². The molecule has 0 fully saturated rings. The molecule has 0 spiro atoms. The van der Waals surface area contributed by atoms with Gasteiger partial charge in [0.25, 0.3) is 0 Å². The van der Waals surface area contributed by atoms with Crippen molar-refractivity contribution in [1.82, 2.24) is 9.78 Å². The van der Waals surface area contributed by atoms with E-state index in [4.69, 9.17) is 4.74 Å². The second kappa shape index (κ2) is 7.14. The van der Waals surface area contributed by atoms with E-state index in [1.165, 1.54) is 5.56 Å². The van der Waals surface area contributed by atoms with Crippen molar-refractivity contribution in [1.29, 1.82) is 0 Å². The first-order chi connectivity index (χ1) is 11.3. The van der Waals surface area contributed by atoms with Crippen molar-refractivity contribution >= 4 is 0 Å². The number of aromatic nitrogens is 2. The van der Waals surface area contributed by atoms with Crippen LogP contribution in [0, 0.1) is 6.92 Å². The molecule has 3 aromatic rings. The molecule has 0 aliphatic carbocycles. The molecule has 118 valence electrons. The molecular formula is C20H22N2O. The number of benzene rings is 2. The van der Waals surface area contributed by atoms with E-state index in [0.29, 0.717) is 0 Å². The van der Waals surface area contributed by atoms with E-state index in [9.17, 15) is 0 Å². The Morgan fingerprint density at radius 3 is 2.35 bits per heavy atom. The van der Waals surface area contributed by atoms with Crippen LogP contribution in [-0.2, 0) is 0 Å². The molecule has 0 saturated carbocycles. The van der Waals surface area contributed by atoms with Gasteiger partial charge in [-0.1, -0.05) is 43.7 Å². The SMILES string of the molecule is CCCC(Oc1ccc(-n2ccc(C)n2)cc1)c1ccccc1. The number of hydrogen-bond donors (Lipinski definition) is 0. The van der Waals surface area contributed by atoms with E-state index in [-0.39, 0.29) is 6.10 Å². The Balaban J connectivity index is 1.76. The van der Waals surface area contributed by atoms with Crippen LogP contribution >= 0.6 is 0 Å². The van der Waals surface area contributed by atoms with E-state index in [1.807, 2.05) is 54.2 Å². The molecular weight excluding hydrogens is 284 g/mol. The summed E-state index contributed by atoms with van der Waals surface area (Å²) in [6, 6.07) is 20.5. The number of ether oxygens (including phenoxy) is 1. The molecule has 1 aromatic heterocycles. The smallest absolute Gasteiger partial charge is 0.124 e. The maximum atomic E-state index is 6.21. The van der Waals surface area contributed by atoms with E-state index >= 15 is 0 Å². The zero-order valence-corrected chi connectivity index (χ0v) is 13.6. The zero-order chi connectivity index (χ0) is 16.1. The Labute approximate surface area is 137 Å². The van der Waals surface area contributed by atoms with Crippen molar-refractivity contribution in [3.63, 3.8) is 0 Å². The predicted molar refractivity (Wildman–Crippen MR) is 93.0 cm³/mol. The summed E-state index contributed by atoms with van der Waals surface area (Å²) in [6.45, 7) is 4.17. The minimum atomic E-state index is 0.0963. The van der Waals surface area contributed by atoms with Gasteiger partial charge in [0, 0.05) is 6.20 Å². The van der Waals surface area contributed by atoms with Gasteiger partial charge in [-0.3, -0.25) is 0 Å². The minimum Gasteiger partial charge on any atom is -0.486 e. The normalized spacial score (nSPS) is 12.1. The fraction of sp³-hybridized carbons (Fsp3) is 0.250. The summed E-state index contributed by atoms with van der Waals surface area (Å²) in [5, 5.41) is 4.42. The molecule has 0 aliphatic rings. The number of nitrogens with zero attached hydrogens (tertiary/aromatic N) is 2. The lowest BCUT2D eigenvalue weighted by molar-refractivity contribution is 0.194. The molecule has 23 heavy (non-hydrogen) atoms. The third kappa shape index (κ3) is 3.81. The highest BCUT2D eigenvalue weighted by Crippen LogP contribution is 2.26. The largest absolute Gasteiger partial charge is 0.486 e. The highest BCUT2D eigenvalue weighted by molar-refractivity contribution is 5.37. The van der Waals surface area contributed by atoms with Gasteiger partial charge >= 0.3 is 0 Å². The lowest BCUT2D eigenvalue weighted by Crippen LogP contribution is -2.07. The maximum absolute atomic E-state index is 6.21. The molecule has 0 saturated heterocycles. The van der Waals surface area contributed by atoms with Crippen LogP contribution in [0.5, 0.6) is 5.75 Å². The molecule has 0 N–H and O–H groups in total. The molecule has 0 amide bonds. The van der Waals surface area contributed by atoms with Crippen molar-refractivity contribution in [2.24, 2.45) is 0 Å². The average Bonchev–Trinajstić information content (AvgIpc) is 3.02. The first-order valence-electron chi connectivity index (χ1n) is 8.10. The lowest BCUT2D eigenvalue weighted by Gasteiger charge is -2.19. The third-order valence-electron chi connectivity index (χ3n) is 3.82. The minimum absolute atomic E-state index is 0.0963. The molecule has 0 radical (unpaired) electrons. The van der Waals surface area contributed by atoms with Crippen molar-refractivity contribution in [2.45, 2.75) is 32.8 Å². The molecule has 1 unspecified atom stereocenters. The van der Waals surface area contributed by atoms with E-state index in [2.05, 4.69) is 36.3 Å². The lowest BCUT2D eigenvalue weighted by atomic mass is 10.1. The Kier molecular flexibility index (Phi) is 4.77. The van der Waals surface area contributed by atoms with E-state index < -0.39 is 0 Å². The number of hydrogen-bond acceptors (Lipinski definition) is 2. The predicted octanol–water partition coefficient (Wildman–Crippen LogP) is 5.10. The second-order valence-electron chi connectivity index (χ2n) is 5.70. The topological polar surface area (TPSA) is 27.1 Å². The quantitative estimate of drug-likeness (QED) is 0.633. The first kappa shape index (κ1) is 15.3. The van der Waals surface area contributed by atoms with Crippen molar-refractivity contribution in [3.8, 4) is 11.4 Å². The van der Waals surface area contributed by atoms with Crippen molar-refractivity contribution in [2.75, 3.05) is 0 Å². The summed E-state index contributed by atoms with van der Waals surface area (Å²) in [5.74, 6) is 0.889. The van der Waals surface area contributed by atoms with Crippen LogP contribution in [0.2, 0.25) is 0 Å². The summed E-state index contributed by atoms with van der Waals surface area (Å²) in [7, 11) is 0. The summed E-state index contributed by atoms with van der Waals surface area (Å²) in [6.07, 6.45) is 4.16. The Morgan fingerprint density at radius 2 is 1.74 bits per heavy atom. The van der Waals surface area contributed by atoms with Crippen molar-refractivity contribution < 1.29 is 4.74 Å². The summed E-state index contributed by atoms with van der Waals surface area (Å²) in [5.41, 5.74) is 3.27. The highest BCUT2D eigenvalue weighted by Gasteiger charge is 2.12. The molecule has 0 bridgehead atoms. The molecule has 3 nitrogen and oxygen atoms in total. The Hall–Kier alpha value is -2.55. The Morgan fingerprint density at radius 1 is 1.00 bits per heavy atom. The van der Waals surface area contributed by atoms with E-state index in [0.717, 1.165) is 30.0 Å². The molecule has 2 aromatic carbocycles. The fourth-order valence-electron chi connectivity index (χ4n) is 2.62. The van der Waals surface area contributed by atoms with Crippen LogP contribution in [0.1, 0.15) is 37.1 Å². The molecule has 3 rings (SSSR count). The average molecular weight is 306 g/mol. The van der Waals surface area contributed by atoms with Crippen LogP contribution < -0.4 is 4.74 Å². The van der Waals surface area contributed by atoms with E-state index in [1.54, 1.807) is 0 Å². The van der Waals surface area contributed by atoms with Crippen molar-refractivity contribution in [3.05, 3.63) is 78.1 Å². The van der Waals surface area contributed by atoms with Crippen LogP contribution in [0.4, 0.5) is 0 Å². The van der Waals surface area contributed by atoms with Gasteiger partial charge in [0.1, 0.15) is 11.9 Å². The van der Waals surface area contributed by atoms with Crippen LogP contribution in [0.15, 0.2) is 66.9 Å². The Bertz CT molecular complexity index is 732.